The normalized spacial score (nSPS) is 8.82. The van der Waals surface area contributed by atoms with E-state index in [1.807, 2.05) is 20.8 Å². The van der Waals surface area contributed by atoms with E-state index < -0.39 is 0 Å². The van der Waals surface area contributed by atoms with Crippen molar-refractivity contribution in [3.8, 4) is 0 Å². The molecule has 0 aliphatic heterocycles. The van der Waals surface area contributed by atoms with Crippen molar-refractivity contribution in [1.82, 2.24) is 4.98 Å². The fourth-order valence-electron chi connectivity index (χ4n) is 0.721. The first-order valence-electron chi connectivity index (χ1n) is 3.86. The van der Waals surface area contributed by atoms with Crippen molar-refractivity contribution in [1.29, 1.82) is 0 Å². The number of halogens is 1. The van der Waals surface area contributed by atoms with Gasteiger partial charge in [0.2, 0.25) is 0 Å². The molecule has 0 N–H and O–H groups in total. The lowest BCUT2D eigenvalue weighted by Gasteiger charge is -1.85. The van der Waals surface area contributed by atoms with Gasteiger partial charge < -0.3 is 0 Å². The Labute approximate surface area is 77.4 Å². The molecule has 0 atom stereocenters. The Morgan fingerprint density at radius 2 is 2.00 bits per heavy atom. The zero-order valence-electron chi connectivity index (χ0n) is 7.44. The second-order valence-electron chi connectivity index (χ2n) is 1.83. The van der Waals surface area contributed by atoms with Crippen molar-refractivity contribution in [3.05, 3.63) is 15.0 Å². The van der Waals surface area contributed by atoms with Crippen LogP contribution in [0.4, 0.5) is 0 Å². The summed E-state index contributed by atoms with van der Waals surface area (Å²) in [4.78, 5) is 5.36. The third-order valence-corrected chi connectivity index (χ3v) is 2.59. The summed E-state index contributed by atoms with van der Waals surface area (Å²) in [7, 11) is 0. The van der Waals surface area contributed by atoms with Crippen molar-refractivity contribution in [2.24, 2.45) is 0 Å². The van der Waals surface area contributed by atoms with Crippen LogP contribution in [-0.4, -0.2) is 4.98 Å². The summed E-state index contributed by atoms with van der Waals surface area (Å²) in [5, 5.41) is 0. The monoisotopic (exact) mass is 191 g/mol. The molecule has 11 heavy (non-hydrogen) atoms. The van der Waals surface area contributed by atoms with Gasteiger partial charge in [0.15, 0.2) is 4.47 Å². The quantitative estimate of drug-likeness (QED) is 0.660. The molecule has 0 saturated carbocycles. The zero-order chi connectivity index (χ0) is 8.85. The maximum atomic E-state index is 5.65. The molecule has 3 heteroatoms. The summed E-state index contributed by atoms with van der Waals surface area (Å²) in [6, 6.07) is 0. The molecule has 0 aliphatic rings. The molecule has 0 radical (unpaired) electrons. The summed E-state index contributed by atoms with van der Waals surface area (Å²) in [5.41, 5.74) is 1.08. The minimum absolute atomic E-state index is 0.657. The topological polar surface area (TPSA) is 12.9 Å². The van der Waals surface area contributed by atoms with Crippen molar-refractivity contribution >= 4 is 22.9 Å². The van der Waals surface area contributed by atoms with Crippen molar-refractivity contribution in [2.75, 3.05) is 0 Å². The first-order valence-corrected chi connectivity index (χ1v) is 5.05. The molecule has 0 unspecified atom stereocenters. The second-order valence-corrected chi connectivity index (χ2v) is 3.49. The molecule has 1 aromatic heterocycles. The van der Waals surface area contributed by atoms with Crippen LogP contribution in [0.15, 0.2) is 0 Å². The molecule has 0 bridgehead atoms. The van der Waals surface area contributed by atoms with Crippen LogP contribution in [-0.2, 0) is 6.42 Å². The van der Waals surface area contributed by atoms with Crippen LogP contribution >= 0.6 is 22.9 Å². The van der Waals surface area contributed by atoms with Gasteiger partial charge in [-0.3, -0.25) is 0 Å². The average molecular weight is 192 g/mol. The molecule has 0 amide bonds. The first-order chi connectivity index (χ1) is 5.24. The Hall–Kier alpha value is -0.0800. The Balaban J connectivity index is 0.000000461. The second kappa shape index (κ2) is 5.56. The van der Waals surface area contributed by atoms with Gasteiger partial charge in [-0.1, -0.05) is 32.4 Å². The molecule has 1 heterocycles. The highest BCUT2D eigenvalue weighted by Crippen LogP contribution is 2.21. The van der Waals surface area contributed by atoms with E-state index in [4.69, 9.17) is 11.6 Å². The van der Waals surface area contributed by atoms with Gasteiger partial charge >= 0.3 is 0 Å². The largest absolute Gasteiger partial charge is 0.230 e. The van der Waals surface area contributed by atoms with Crippen LogP contribution in [0.2, 0.25) is 4.47 Å². The van der Waals surface area contributed by atoms with Gasteiger partial charge in [0.1, 0.15) is 0 Å². The number of rotatable bonds is 1. The van der Waals surface area contributed by atoms with Gasteiger partial charge in [0.05, 0.1) is 5.69 Å². The molecule has 1 aromatic rings. The van der Waals surface area contributed by atoms with Crippen LogP contribution in [0.25, 0.3) is 0 Å². The molecule has 0 aromatic carbocycles. The van der Waals surface area contributed by atoms with Crippen LogP contribution in [0.3, 0.4) is 0 Å². The number of hydrogen-bond acceptors (Lipinski definition) is 2. The van der Waals surface area contributed by atoms with Crippen LogP contribution in [0.5, 0.6) is 0 Å². The number of nitrogens with zero attached hydrogens (tertiary/aromatic N) is 1. The number of hydrogen-bond donors (Lipinski definition) is 0. The van der Waals surface area contributed by atoms with Crippen molar-refractivity contribution in [3.63, 3.8) is 0 Å². The standard InChI is InChI=1S/C6H8ClNS.C2H6/c1-3-5-4(2)8-6(7)9-5;1-2/h3H2,1-2H3;1-2H3. The Morgan fingerprint density at radius 3 is 2.18 bits per heavy atom. The van der Waals surface area contributed by atoms with Crippen LogP contribution in [0, 0.1) is 6.92 Å². The number of thiazole rings is 1. The van der Waals surface area contributed by atoms with E-state index in [1.54, 1.807) is 11.3 Å². The maximum absolute atomic E-state index is 5.65. The van der Waals surface area contributed by atoms with E-state index in [-0.39, 0.29) is 0 Å². The van der Waals surface area contributed by atoms with E-state index >= 15 is 0 Å². The zero-order valence-corrected chi connectivity index (χ0v) is 9.01. The SMILES string of the molecule is CC.CCc1sc(Cl)nc1C. The van der Waals surface area contributed by atoms with Crippen molar-refractivity contribution < 1.29 is 0 Å². The highest BCUT2D eigenvalue weighted by molar-refractivity contribution is 7.15. The van der Waals surface area contributed by atoms with Gasteiger partial charge in [-0.2, -0.15) is 0 Å². The van der Waals surface area contributed by atoms with Gasteiger partial charge in [-0.25, -0.2) is 4.98 Å². The third-order valence-electron chi connectivity index (χ3n) is 1.19. The fraction of sp³-hybridized carbons (Fsp3) is 0.625. The summed E-state index contributed by atoms with van der Waals surface area (Å²) in [6.45, 7) is 8.10. The summed E-state index contributed by atoms with van der Waals surface area (Å²) in [5.74, 6) is 0. The smallest absolute Gasteiger partial charge is 0.184 e. The molecule has 1 nitrogen and oxygen atoms in total. The molecule has 0 saturated heterocycles. The maximum Gasteiger partial charge on any atom is 0.184 e. The van der Waals surface area contributed by atoms with E-state index in [0.717, 1.165) is 12.1 Å². The predicted octanol–water partition coefficient (Wildman–Crippen LogP) is 3.69. The lowest BCUT2D eigenvalue weighted by Crippen LogP contribution is -1.76. The molecular formula is C8H14ClNS. The Morgan fingerprint density at radius 1 is 1.45 bits per heavy atom. The molecule has 1 rings (SSSR count). The minimum atomic E-state index is 0.657. The molecular weight excluding hydrogens is 178 g/mol. The first kappa shape index (κ1) is 10.9. The number of aromatic nitrogens is 1. The summed E-state index contributed by atoms with van der Waals surface area (Å²) >= 11 is 7.22. The highest BCUT2D eigenvalue weighted by atomic mass is 35.5. The fourth-order valence-corrected chi connectivity index (χ4v) is 1.85. The lowest BCUT2D eigenvalue weighted by molar-refractivity contribution is 1.11. The summed E-state index contributed by atoms with van der Waals surface area (Å²) in [6.07, 6.45) is 1.04. The van der Waals surface area contributed by atoms with Gasteiger partial charge in [0, 0.05) is 4.88 Å². The third kappa shape index (κ3) is 3.21. The Kier molecular flexibility index (Phi) is 5.51. The Bertz CT molecular complexity index is 208. The van der Waals surface area contributed by atoms with E-state index in [9.17, 15) is 0 Å². The van der Waals surface area contributed by atoms with Gasteiger partial charge in [-0.15, -0.1) is 11.3 Å². The highest BCUT2D eigenvalue weighted by Gasteiger charge is 2.01. The molecule has 64 valence electrons. The summed E-state index contributed by atoms with van der Waals surface area (Å²) < 4.78 is 0.657. The molecule has 0 spiro atoms. The minimum Gasteiger partial charge on any atom is -0.230 e. The average Bonchev–Trinajstić information content (AvgIpc) is 2.33. The van der Waals surface area contributed by atoms with Crippen LogP contribution < -0.4 is 0 Å². The number of aryl methyl sites for hydroxylation is 2. The van der Waals surface area contributed by atoms with E-state index in [1.165, 1.54) is 4.88 Å². The van der Waals surface area contributed by atoms with Gasteiger partial charge in [-0.05, 0) is 13.3 Å². The van der Waals surface area contributed by atoms with Crippen LogP contribution in [0.1, 0.15) is 31.3 Å². The predicted molar refractivity (Wildman–Crippen MR) is 52.6 cm³/mol. The van der Waals surface area contributed by atoms with E-state index in [0.29, 0.717) is 4.47 Å². The molecule has 0 fully saturated rings. The van der Waals surface area contributed by atoms with Gasteiger partial charge in [0.25, 0.3) is 0 Å². The lowest BCUT2D eigenvalue weighted by atomic mass is 10.3. The van der Waals surface area contributed by atoms with Crippen molar-refractivity contribution in [2.45, 2.75) is 34.1 Å². The molecule has 0 aliphatic carbocycles. The van der Waals surface area contributed by atoms with E-state index in [2.05, 4.69) is 11.9 Å².